The van der Waals surface area contributed by atoms with Crippen molar-refractivity contribution in [3.63, 3.8) is 0 Å². The van der Waals surface area contributed by atoms with Gasteiger partial charge >= 0.3 is 5.97 Å². The number of esters is 1. The van der Waals surface area contributed by atoms with Crippen LogP contribution < -0.4 is 0 Å². The SMILES string of the molecule is COC(=O)c1cccc(C(=O)N2CCN(C(=O)C34CC5CC(CC(C5)C3)C4)CC2)c1. The Kier molecular flexibility index (Phi) is 4.83. The zero-order valence-corrected chi connectivity index (χ0v) is 17.6. The number of methoxy groups -OCH3 is 1. The van der Waals surface area contributed by atoms with Crippen molar-refractivity contribution < 1.29 is 19.1 Å². The van der Waals surface area contributed by atoms with E-state index < -0.39 is 5.97 Å². The summed E-state index contributed by atoms with van der Waals surface area (Å²) in [5.74, 6) is 2.07. The van der Waals surface area contributed by atoms with Gasteiger partial charge in [-0.3, -0.25) is 9.59 Å². The summed E-state index contributed by atoms with van der Waals surface area (Å²) in [5, 5.41) is 0. The fraction of sp³-hybridized carbons (Fsp3) is 0.625. The van der Waals surface area contributed by atoms with Gasteiger partial charge in [-0.25, -0.2) is 4.79 Å². The van der Waals surface area contributed by atoms with E-state index in [-0.39, 0.29) is 11.3 Å². The van der Waals surface area contributed by atoms with Crippen LogP contribution >= 0.6 is 0 Å². The molecule has 0 radical (unpaired) electrons. The lowest BCUT2D eigenvalue weighted by atomic mass is 9.49. The number of hydrogen-bond donors (Lipinski definition) is 0. The largest absolute Gasteiger partial charge is 0.465 e. The standard InChI is InChI=1S/C24H30N2O4/c1-30-22(28)20-4-2-3-19(12-20)21(27)25-5-7-26(8-6-25)23(29)24-13-16-9-17(14-24)11-18(10-16)15-24/h2-4,12,16-18H,5-11,13-15H2,1H3. The summed E-state index contributed by atoms with van der Waals surface area (Å²) in [7, 11) is 1.33. The van der Waals surface area contributed by atoms with Gasteiger partial charge in [0.05, 0.1) is 18.1 Å². The van der Waals surface area contributed by atoms with E-state index in [1.807, 2.05) is 4.90 Å². The van der Waals surface area contributed by atoms with E-state index in [2.05, 4.69) is 0 Å². The Bertz CT molecular complexity index is 836. The first-order valence-corrected chi connectivity index (χ1v) is 11.2. The summed E-state index contributed by atoms with van der Waals surface area (Å²) < 4.78 is 4.75. The Labute approximate surface area is 177 Å². The zero-order valence-electron chi connectivity index (χ0n) is 17.6. The van der Waals surface area contributed by atoms with Gasteiger partial charge in [0.25, 0.3) is 5.91 Å². The van der Waals surface area contributed by atoms with E-state index in [4.69, 9.17) is 4.74 Å². The lowest BCUT2D eigenvalue weighted by molar-refractivity contribution is -0.159. The van der Waals surface area contributed by atoms with E-state index in [0.29, 0.717) is 43.2 Å². The highest BCUT2D eigenvalue weighted by Gasteiger charge is 2.55. The van der Waals surface area contributed by atoms with E-state index in [0.717, 1.165) is 37.0 Å². The molecule has 1 aliphatic heterocycles. The van der Waals surface area contributed by atoms with Crippen LogP contribution in [0.4, 0.5) is 0 Å². The number of hydrogen-bond acceptors (Lipinski definition) is 4. The fourth-order valence-electron chi connectivity index (χ4n) is 6.90. The molecule has 6 rings (SSSR count). The van der Waals surface area contributed by atoms with E-state index >= 15 is 0 Å². The summed E-state index contributed by atoms with van der Waals surface area (Å²) in [6, 6.07) is 6.65. The van der Waals surface area contributed by atoms with Crippen LogP contribution in [0.3, 0.4) is 0 Å². The summed E-state index contributed by atoms with van der Waals surface area (Å²) >= 11 is 0. The molecule has 0 unspecified atom stereocenters. The molecule has 1 aromatic carbocycles. The van der Waals surface area contributed by atoms with Crippen LogP contribution in [0.1, 0.15) is 59.2 Å². The molecule has 30 heavy (non-hydrogen) atoms. The van der Waals surface area contributed by atoms with Crippen LogP contribution in [0.5, 0.6) is 0 Å². The van der Waals surface area contributed by atoms with Crippen molar-refractivity contribution in [2.45, 2.75) is 38.5 Å². The first-order chi connectivity index (χ1) is 14.5. The van der Waals surface area contributed by atoms with Gasteiger partial charge in [-0.1, -0.05) is 6.07 Å². The van der Waals surface area contributed by atoms with Crippen molar-refractivity contribution in [3.8, 4) is 0 Å². The minimum atomic E-state index is -0.448. The third-order valence-electron chi connectivity index (χ3n) is 7.88. The molecule has 1 saturated heterocycles. The predicted molar refractivity (Wildman–Crippen MR) is 111 cm³/mol. The molecule has 5 aliphatic rings. The molecule has 6 heteroatoms. The molecular weight excluding hydrogens is 380 g/mol. The second-order valence-corrected chi connectivity index (χ2v) is 9.85. The highest BCUT2D eigenvalue weighted by atomic mass is 16.5. The van der Waals surface area contributed by atoms with Crippen molar-refractivity contribution in [3.05, 3.63) is 35.4 Å². The molecule has 1 heterocycles. The minimum Gasteiger partial charge on any atom is -0.465 e. The molecule has 4 saturated carbocycles. The number of rotatable bonds is 3. The van der Waals surface area contributed by atoms with Crippen molar-refractivity contribution in [1.82, 2.24) is 9.80 Å². The van der Waals surface area contributed by atoms with Crippen LogP contribution in [-0.4, -0.2) is 60.9 Å². The molecule has 0 atom stereocenters. The van der Waals surface area contributed by atoms with Gasteiger partial charge in [0.1, 0.15) is 0 Å². The number of carbonyl (C=O) groups is 3. The molecule has 6 nitrogen and oxygen atoms in total. The van der Waals surface area contributed by atoms with Crippen LogP contribution in [0.2, 0.25) is 0 Å². The molecule has 1 aromatic rings. The molecular formula is C24H30N2O4. The van der Waals surface area contributed by atoms with Crippen molar-refractivity contribution in [1.29, 1.82) is 0 Å². The summed E-state index contributed by atoms with van der Waals surface area (Å²) in [5.41, 5.74) is 0.744. The first-order valence-electron chi connectivity index (χ1n) is 11.2. The summed E-state index contributed by atoms with van der Waals surface area (Å²) in [6.07, 6.45) is 7.24. The van der Waals surface area contributed by atoms with Crippen molar-refractivity contribution in [2.24, 2.45) is 23.2 Å². The lowest BCUT2D eigenvalue weighted by Crippen LogP contribution is -2.58. The molecule has 160 valence electrons. The van der Waals surface area contributed by atoms with E-state index in [1.54, 1.807) is 29.2 Å². The number of carbonyl (C=O) groups excluding carboxylic acids is 3. The van der Waals surface area contributed by atoms with Gasteiger partial charge in [0.15, 0.2) is 0 Å². The Morgan fingerprint density at radius 3 is 1.97 bits per heavy atom. The van der Waals surface area contributed by atoms with E-state index in [1.165, 1.54) is 26.4 Å². The highest BCUT2D eigenvalue weighted by Crippen LogP contribution is 2.60. The average Bonchev–Trinajstić information content (AvgIpc) is 2.77. The second-order valence-electron chi connectivity index (χ2n) is 9.85. The molecule has 0 N–H and O–H groups in total. The maximum Gasteiger partial charge on any atom is 0.337 e. The molecule has 0 aromatic heterocycles. The Morgan fingerprint density at radius 2 is 1.40 bits per heavy atom. The van der Waals surface area contributed by atoms with Crippen molar-refractivity contribution >= 4 is 17.8 Å². The van der Waals surface area contributed by atoms with Crippen LogP contribution in [0.15, 0.2) is 24.3 Å². The number of nitrogens with zero attached hydrogens (tertiary/aromatic N) is 2. The fourth-order valence-corrected chi connectivity index (χ4v) is 6.90. The van der Waals surface area contributed by atoms with Gasteiger partial charge < -0.3 is 14.5 Å². The second kappa shape index (κ2) is 7.40. The zero-order chi connectivity index (χ0) is 20.9. The predicted octanol–water partition coefficient (Wildman–Crippen LogP) is 2.97. The maximum absolute atomic E-state index is 13.5. The average molecular weight is 411 g/mol. The third kappa shape index (κ3) is 3.30. The number of piperazine rings is 1. The van der Waals surface area contributed by atoms with Crippen LogP contribution in [0.25, 0.3) is 0 Å². The van der Waals surface area contributed by atoms with E-state index in [9.17, 15) is 14.4 Å². The van der Waals surface area contributed by atoms with Crippen LogP contribution in [0, 0.1) is 23.2 Å². The quantitative estimate of drug-likeness (QED) is 0.719. The topological polar surface area (TPSA) is 66.9 Å². The smallest absolute Gasteiger partial charge is 0.337 e. The molecule has 5 fully saturated rings. The third-order valence-corrected chi connectivity index (χ3v) is 7.88. The van der Waals surface area contributed by atoms with Gasteiger partial charge in [0, 0.05) is 31.7 Å². The number of ether oxygens (including phenoxy) is 1. The van der Waals surface area contributed by atoms with Crippen molar-refractivity contribution in [2.75, 3.05) is 33.3 Å². The monoisotopic (exact) mass is 410 g/mol. The lowest BCUT2D eigenvalue weighted by Gasteiger charge is -2.57. The number of amides is 2. The Hall–Kier alpha value is -2.37. The minimum absolute atomic E-state index is 0.0948. The molecule has 4 aliphatic carbocycles. The highest BCUT2D eigenvalue weighted by molar-refractivity contribution is 5.98. The number of benzene rings is 1. The van der Waals surface area contributed by atoms with Crippen LogP contribution in [-0.2, 0) is 9.53 Å². The molecule has 2 amide bonds. The van der Waals surface area contributed by atoms with Gasteiger partial charge in [0.2, 0.25) is 5.91 Å². The maximum atomic E-state index is 13.5. The summed E-state index contributed by atoms with van der Waals surface area (Å²) in [4.78, 5) is 42.0. The Morgan fingerprint density at radius 1 is 0.867 bits per heavy atom. The Balaban J connectivity index is 1.23. The van der Waals surface area contributed by atoms with Gasteiger partial charge in [-0.05, 0) is 74.5 Å². The summed E-state index contributed by atoms with van der Waals surface area (Å²) in [6.45, 7) is 2.28. The molecule has 0 spiro atoms. The molecule has 4 bridgehead atoms. The van der Waals surface area contributed by atoms with Gasteiger partial charge in [-0.2, -0.15) is 0 Å². The van der Waals surface area contributed by atoms with Gasteiger partial charge in [-0.15, -0.1) is 0 Å². The first kappa shape index (κ1) is 19.6. The normalized spacial score (nSPS) is 32.2.